The molecule has 2 heterocycles. The number of ketones is 1. The van der Waals surface area contributed by atoms with Crippen LogP contribution in [0.2, 0.25) is 0 Å². The van der Waals surface area contributed by atoms with Gasteiger partial charge in [0.25, 0.3) is 5.91 Å². The molecule has 0 bridgehead atoms. The normalized spacial score (nSPS) is 16.3. The van der Waals surface area contributed by atoms with Crippen molar-refractivity contribution in [1.29, 1.82) is 0 Å². The second-order valence-electron chi connectivity index (χ2n) is 6.96. The zero-order valence-corrected chi connectivity index (χ0v) is 17.8. The third kappa shape index (κ3) is 4.52. The first-order chi connectivity index (χ1) is 14.7. The monoisotopic (exact) mass is 436 g/mol. The van der Waals surface area contributed by atoms with E-state index >= 15 is 0 Å². The molecule has 1 fully saturated rings. The fourth-order valence-electron chi connectivity index (χ4n) is 3.40. The Morgan fingerprint density at radius 3 is 2.30 bits per heavy atom. The summed E-state index contributed by atoms with van der Waals surface area (Å²) in [5, 5.41) is 3.78. The number of thioether (sulfide) groups is 2. The van der Waals surface area contributed by atoms with Crippen LogP contribution in [0.15, 0.2) is 75.2 Å². The van der Waals surface area contributed by atoms with Crippen LogP contribution in [0.5, 0.6) is 0 Å². The highest BCUT2D eigenvalue weighted by Crippen LogP contribution is 2.41. The summed E-state index contributed by atoms with van der Waals surface area (Å²) in [5.74, 6) is -0.277. The maximum Gasteiger partial charge on any atom is 0.259 e. The molecule has 2 aliphatic heterocycles. The zero-order chi connectivity index (χ0) is 20.9. The number of amides is 2. The summed E-state index contributed by atoms with van der Waals surface area (Å²) in [6, 6.07) is 17.4. The standard InChI is InChI=1S/C23H20N2O3S2/c26-16-25(15-17-4-2-1-3-5-17)19-8-6-18(7-9-19)14-24-11-10-20(27)21(22(24)28)23-29-12-13-30-23/h1-9,12-13,16H,10-11,14-15H2. The number of Topliss-reactive ketones (excluding diaryl/α,β-unsaturated/α-hetero) is 1. The smallest absolute Gasteiger partial charge is 0.259 e. The van der Waals surface area contributed by atoms with Crippen molar-refractivity contribution < 1.29 is 14.4 Å². The van der Waals surface area contributed by atoms with Crippen LogP contribution in [-0.2, 0) is 27.5 Å². The van der Waals surface area contributed by atoms with Crippen molar-refractivity contribution in [3.63, 3.8) is 0 Å². The SMILES string of the molecule is O=CN(Cc1ccccc1)c1ccc(CN2CCC(=O)C(=C3SC=CS3)C2=O)cc1. The van der Waals surface area contributed by atoms with Crippen LogP contribution in [0.3, 0.4) is 0 Å². The molecule has 2 amide bonds. The van der Waals surface area contributed by atoms with Crippen molar-refractivity contribution in [3.05, 3.63) is 86.4 Å². The molecule has 0 N–H and O–H groups in total. The van der Waals surface area contributed by atoms with Crippen molar-refractivity contribution in [2.45, 2.75) is 19.5 Å². The number of carbonyl (C=O) groups excluding carboxylic acids is 3. The fraction of sp³-hybridized carbons (Fsp3) is 0.174. The summed E-state index contributed by atoms with van der Waals surface area (Å²) in [6.45, 7) is 1.36. The lowest BCUT2D eigenvalue weighted by Gasteiger charge is -2.28. The van der Waals surface area contributed by atoms with Crippen molar-refractivity contribution in [3.8, 4) is 0 Å². The predicted molar refractivity (Wildman–Crippen MR) is 122 cm³/mol. The van der Waals surface area contributed by atoms with Crippen molar-refractivity contribution in [1.82, 2.24) is 4.90 Å². The molecule has 2 aromatic carbocycles. The molecule has 0 saturated carbocycles. The summed E-state index contributed by atoms with van der Waals surface area (Å²) in [6.07, 6.45) is 1.17. The molecule has 152 valence electrons. The topological polar surface area (TPSA) is 57.7 Å². The molecule has 0 atom stereocenters. The van der Waals surface area contributed by atoms with E-state index < -0.39 is 0 Å². The van der Waals surface area contributed by atoms with Crippen LogP contribution in [0.25, 0.3) is 0 Å². The molecule has 1 saturated heterocycles. The van der Waals surface area contributed by atoms with Gasteiger partial charge in [0.2, 0.25) is 6.41 Å². The van der Waals surface area contributed by atoms with Gasteiger partial charge in [-0.25, -0.2) is 0 Å². The van der Waals surface area contributed by atoms with E-state index in [9.17, 15) is 14.4 Å². The van der Waals surface area contributed by atoms with Crippen LogP contribution in [0, 0.1) is 0 Å². The average molecular weight is 437 g/mol. The molecule has 0 aromatic heterocycles. The lowest BCUT2D eigenvalue weighted by atomic mass is 10.0. The second-order valence-corrected chi connectivity index (χ2v) is 9.05. The molecular formula is C23H20N2O3S2. The minimum atomic E-state index is -0.201. The van der Waals surface area contributed by atoms with Crippen LogP contribution in [0.4, 0.5) is 5.69 Å². The van der Waals surface area contributed by atoms with Gasteiger partial charge in [-0.1, -0.05) is 66.0 Å². The Morgan fingerprint density at radius 2 is 1.63 bits per heavy atom. The number of rotatable bonds is 6. The molecule has 0 spiro atoms. The van der Waals surface area contributed by atoms with E-state index in [-0.39, 0.29) is 11.7 Å². The number of likely N-dealkylation sites (tertiary alicyclic amines) is 1. The third-order valence-corrected chi connectivity index (χ3v) is 7.09. The molecule has 0 radical (unpaired) electrons. The van der Waals surface area contributed by atoms with Gasteiger partial charge in [0.05, 0.1) is 10.8 Å². The number of benzene rings is 2. The lowest BCUT2D eigenvalue weighted by molar-refractivity contribution is -0.133. The van der Waals surface area contributed by atoms with Gasteiger partial charge in [0.15, 0.2) is 5.78 Å². The van der Waals surface area contributed by atoms with E-state index in [0.717, 1.165) is 27.5 Å². The molecule has 0 unspecified atom stereocenters. The van der Waals surface area contributed by atoms with Crippen LogP contribution in [-0.4, -0.2) is 29.5 Å². The Balaban J connectivity index is 1.45. The molecule has 2 aromatic rings. The average Bonchev–Trinajstić information content (AvgIpc) is 3.30. The van der Waals surface area contributed by atoms with Crippen molar-refractivity contribution >= 4 is 47.3 Å². The van der Waals surface area contributed by atoms with Crippen molar-refractivity contribution in [2.24, 2.45) is 0 Å². The van der Waals surface area contributed by atoms with E-state index in [1.165, 1.54) is 23.5 Å². The van der Waals surface area contributed by atoms with E-state index in [0.29, 0.717) is 31.6 Å². The number of piperidine rings is 1. The summed E-state index contributed by atoms with van der Waals surface area (Å²) in [5.41, 5.74) is 3.12. The van der Waals surface area contributed by atoms with E-state index in [1.807, 2.05) is 65.4 Å². The summed E-state index contributed by atoms with van der Waals surface area (Å²) in [7, 11) is 0. The van der Waals surface area contributed by atoms with Crippen molar-refractivity contribution in [2.75, 3.05) is 11.4 Å². The maximum absolute atomic E-state index is 12.9. The maximum atomic E-state index is 12.9. The minimum absolute atomic E-state index is 0.0761. The number of hydrogen-bond donors (Lipinski definition) is 0. The molecule has 5 nitrogen and oxygen atoms in total. The largest absolute Gasteiger partial charge is 0.334 e. The van der Waals surface area contributed by atoms with Gasteiger partial charge in [-0.15, -0.1) is 0 Å². The number of carbonyl (C=O) groups is 3. The molecule has 4 rings (SSSR count). The first-order valence-corrected chi connectivity index (χ1v) is 11.3. The molecular weight excluding hydrogens is 416 g/mol. The predicted octanol–water partition coefficient (Wildman–Crippen LogP) is 4.31. The number of hydrogen-bond acceptors (Lipinski definition) is 5. The van der Waals surface area contributed by atoms with Crippen LogP contribution < -0.4 is 4.90 Å². The van der Waals surface area contributed by atoms with Crippen LogP contribution in [0.1, 0.15) is 17.5 Å². The quantitative estimate of drug-likeness (QED) is 0.384. The van der Waals surface area contributed by atoms with Gasteiger partial charge in [0, 0.05) is 25.2 Å². The number of nitrogens with zero attached hydrogens (tertiary/aromatic N) is 2. The molecule has 2 aliphatic rings. The van der Waals surface area contributed by atoms with Gasteiger partial charge < -0.3 is 9.80 Å². The fourth-order valence-corrected chi connectivity index (χ4v) is 5.29. The Morgan fingerprint density at radius 1 is 0.933 bits per heavy atom. The highest BCUT2D eigenvalue weighted by molar-refractivity contribution is 8.27. The minimum Gasteiger partial charge on any atom is -0.334 e. The highest BCUT2D eigenvalue weighted by Gasteiger charge is 2.33. The summed E-state index contributed by atoms with van der Waals surface area (Å²) in [4.78, 5) is 40.1. The van der Waals surface area contributed by atoms with E-state index in [1.54, 1.807) is 9.80 Å². The Labute approximate surface area is 183 Å². The zero-order valence-electron chi connectivity index (χ0n) is 16.2. The molecule has 0 aliphatic carbocycles. The first kappa shape index (κ1) is 20.5. The summed E-state index contributed by atoms with van der Waals surface area (Å²) < 4.78 is 0.771. The van der Waals surface area contributed by atoms with Gasteiger partial charge in [0.1, 0.15) is 5.57 Å². The molecule has 30 heavy (non-hydrogen) atoms. The third-order valence-electron chi connectivity index (χ3n) is 4.96. The van der Waals surface area contributed by atoms with Gasteiger partial charge in [-0.3, -0.25) is 14.4 Å². The molecule has 7 heteroatoms. The Bertz CT molecular complexity index is 1010. The van der Waals surface area contributed by atoms with Gasteiger partial charge in [-0.2, -0.15) is 0 Å². The second kappa shape index (κ2) is 9.36. The van der Waals surface area contributed by atoms with E-state index in [4.69, 9.17) is 0 Å². The first-order valence-electron chi connectivity index (χ1n) is 9.55. The Kier molecular flexibility index (Phi) is 6.40. The lowest BCUT2D eigenvalue weighted by Crippen LogP contribution is -2.40. The van der Waals surface area contributed by atoms with Gasteiger partial charge >= 0.3 is 0 Å². The van der Waals surface area contributed by atoms with E-state index in [2.05, 4.69) is 0 Å². The Hall–Kier alpha value is -2.77. The van der Waals surface area contributed by atoms with Crippen LogP contribution >= 0.6 is 23.5 Å². The van der Waals surface area contributed by atoms with Gasteiger partial charge in [-0.05, 0) is 34.1 Å². The number of anilines is 1. The highest BCUT2D eigenvalue weighted by atomic mass is 32.2. The summed E-state index contributed by atoms with van der Waals surface area (Å²) >= 11 is 2.86.